The molecule has 2 unspecified atom stereocenters. The molecule has 0 amide bonds. The molecule has 3 nitrogen and oxygen atoms in total. The van der Waals surface area contributed by atoms with Gasteiger partial charge in [-0.25, -0.2) is 0 Å². The lowest BCUT2D eigenvalue weighted by Gasteiger charge is -2.25. The number of pyridine rings is 1. The summed E-state index contributed by atoms with van der Waals surface area (Å²) in [4.78, 5) is 4.13. The summed E-state index contributed by atoms with van der Waals surface area (Å²) in [6.07, 6.45) is 9.33. The van der Waals surface area contributed by atoms with E-state index < -0.39 is 0 Å². The van der Waals surface area contributed by atoms with Gasteiger partial charge < -0.3 is 5.32 Å². The maximum Gasteiger partial charge on any atom is 0.101 e. The maximum atomic E-state index is 8.89. The zero-order chi connectivity index (χ0) is 11.7. The fourth-order valence-corrected chi connectivity index (χ4v) is 2.87. The highest BCUT2D eigenvalue weighted by Gasteiger charge is 2.29. The van der Waals surface area contributed by atoms with Crippen LogP contribution in [0.2, 0.25) is 0 Å². The molecule has 1 aliphatic heterocycles. The molecule has 2 atom stereocenters. The SMILES string of the molecule is N#Cc1cncc(C2=CCC3CCNC3C2)c1. The number of hydrogen-bond acceptors (Lipinski definition) is 3. The van der Waals surface area contributed by atoms with Gasteiger partial charge in [0.15, 0.2) is 0 Å². The minimum atomic E-state index is 0.626. The molecule has 1 saturated heterocycles. The van der Waals surface area contributed by atoms with Crippen LogP contribution < -0.4 is 5.32 Å². The van der Waals surface area contributed by atoms with Crippen LogP contribution in [0.3, 0.4) is 0 Å². The fourth-order valence-electron chi connectivity index (χ4n) is 2.87. The van der Waals surface area contributed by atoms with Crippen molar-refractivity contribution >= 4 is 5.57 Å². The average Bonchev–Trinajstić information content (AvgIpc) is 2.86. The molecule has 2 heterocycles. The third kappa shape index (κ3) is 1.96. The van der Waals surface area contributed by atoms with Gasteiger partial charge >= 0.3 is 0 Å². The van der Waals surface area contributed by atoms with E-state index in [2.05, 4.69) is 22.4 Å². The van der Waals surface area contributed by atoms with E-state index in [-0.39, 0.29) is 0 Å². The van der Waals surface area contributed by atoms with Gasteiger partial charge in [-0.15, -0.1) is 0 Å². The number of fused-ring (bicyclic) bond motifs is 1. The lowest BCUT2D eigenvalue weighted by molar-refractivity contribution is 0.445. The van der Waals surface area contributed by atoms with Gasteiger partial charge in [-0.3, -0.25) is 4.98 Å². The molecule has 17 heavy (non-hydrogen) atoms. The van der Waals surface area contributed by atoms with Gasteiger partial charge in [0.1, 0.15) is 6.07 Å². The van der Waals surface area contributed by atoms with Crippen LogP contribution in [-0.4, -0.2) is 17.6 Å². The first-order chi connectivity index (χ1) is 8.36. The van der Waals surface area contributed by atoms with Crippen LogP contribution >= 0.6 is 0 Å². The molecule has 0 aromatic carbocycles. The van der Waals surface area contributed by atoms with Crippen molar-refractivity contribution in [3.8, 4) is 6.07 Å². The van der Waals surface area contributed by atoms with Gasteiger partial charge in [-0.1, -0.05) is 6.08 Å². The van der Waals surface area contributed by atoms with E-state index in [0.717, 1.165) is 30.9 Å². The van der Waals surface area contributed by atoms with E-state index in [0.29, 0.717) is 11.6 Å². The van der Waals surface area contributed by atoms with Crippen molar-refractivity contribution in [3.63, 3.8) is 0 Å². The van der Waals surface area contributed by atoms with E-state index >= 15 is 0 Å². The number of nitrogens with one attached hydrogen (secondary N) is 1. The first-order valence-corrected chi connectivity index (χ1v) is 6.15. The van der Waals surface area contributed by atoms with Gasteiger partial charge in [-0.2, -0.15) is 5.26 Å². The molecular weight excluding hydrogens is 210 g/mol. The van der Waals surface area contributed by atoms with Crippen LogP contribution in [0.5, 0.6) is 0 Å². The molecule has 1 fully saturated rings. The van der Waals surface area contributed by atoms with Crippen molar-refractivity contribution in [2.45, 2.75) is 25.3 Å². The number of nitrogens with zero attached hydrogens (tertiary/aromatic N) is 2. The summed E-state index contributed by atoms with van der Waals surface area (Å²) in [6.45, 7) is 1.15. The molecule has 0 saturated carbocycles. The zero-order valence-electron chi connectivity index (χ0n) is 9.69. The molecule has 1 aromatic heterocycles. The molecule has 86 valence electrons. The zero-order valence-corrected chi connectivity index (χ0v) is 9.69. The average molecular weight is 225 g/mol. The molecule has 1 N–H and O–H groups in total. The third-order valence-electron chi connectivity index (χ3n) is 3.84. The number of rotatable bonds is 1. The highest BCUT2D eigenvalue weighted by molar-refractivity contribution is 5.67. The van der Waals surface area contributed by atoms with E-state index in [9.17, 15) is 0 Å². The predicted octanol–water partition coefficient (Wildman–Crippen LogP) is 2.11. The number of allylic oxidation sites excluding steroid dienone is 1. The van der Waals surface area contributed by atoms with Gasteiger partial charge in [0, 0.05) is 18.4 Å². The monoisotopic (exact) mass is 225 g/mol. The van der Waals surface area contributed by atoms with Gasteiger partial charge in [0.05, 0.1) is 5.56 Å². The first-order valence-electron chi connectivity index (χ1n) is 6.15. The molecule has 3 heteroatoms. The van der Waals surface area contributed by atoms with Crippen molar-refractivity contribution in [1.82, 2.24) is 10.3 Å². The standard InChI is InChI=1S/C14H15N3/c15-7-10-5-13(9-16-8-10)12-2-1-11-3-4-17-14(11)6-12/h2,5,8-9,11,14,17H,1,3-4,6H2. The number of nitriles is 1. The summed E-state index contributed by atoms with van der Waals surface area (Å²) in [5.41, 5.74) is 3.09. The Balaban J connectivity index is 1.87. The summed E-state index contributed by atoms with van der Waals surface area (Å²) >= 11 is 0. The van der Waals surface area contributed by atoms with Gasteiger partial charge in [0.2, 0.25) is 0 Å². The molecule has 2 aliphatic rings. The van der Waals surface area contributed by atoms with Crippen molar-refractivity contribution in [1.29, 1.82) is 5.26 Å². The highest BCUT2D eigenvalue weighted by Crippen LogP contribution is 2.34. The molecule has 3 rings (SSSR count). The van der Waals surface area contributed by atoms with Crippen LogP contribution in [-0.2, 0) is 0 Å². The molecule has 0 bridgehead atoms. The Hall–Kier alpha value is -1.66. The van der Waals surface area contributed by atoms with Crippen LogP contribution in [0.25, 0.3) is 5.57 Å². The largest absolute Gasteiger partial charge is 0.313 e. The lowest BCUT2D eigenvalue weighted by Crippen LogP contribution is -2.29. The highest BCUT2D eigenvalue weighted by atomic mass is 15.0. The van der Waals surface area contributed by atoms with Crippen molar-refractivity contribution in [2.24, 2.45) is 5.92 Å². The van der Waals surface area contributed by atoms with Crippen molar-refractivity contribution in [3.05, 3.63) is 35.7 Å². The van der Waals surface area contributed by atoms with E-state index in [4.69, 9.17) is 5.26 Å². The second-order valence-corrected chi connectivity index (χ2v) is 4.85. The van der Waals surface area contributed by atoms with Crippen LogP contribution in [0.4, 0.5) is 0 Å². The topological polar surface area (TPSA) is 48.7 Å². The quantitative estimate of drug-likeness (QED) is 0.796. The molecular formula is C14H15N3. The molecule has 0 radical (unpaired) electrons. The van der Waals surface area contributed by atoms with Gasteiger partial charge in [0.25, 0.3) is 0 Å². The Labute approximate surface area is 101 Å². The van der Waals surface area contributed by atoms with E-state index in [1.165, 1.54) is 12.0 Å². The van der Waals surface area contributed by atoms with E-state index in [1.54, 1.807) is 6.20 Å². The lowest BCUT2D eigenvalue weighted by atomic mass is 9.83. The minimum absolute atomic E-state index is 0.626. The Morgan fingerprint density at radius 2 is 2.35 bits per heavy atom. The molecule has 1 aliphatic carbocycles. The Morgan fingerprint density at radius 3 is 3.24 bits per heavy atom. The smallest absolute Gasteiger partial charge is 0.101 e. The maximum absolute atomic E-state index is 8.89. The Morgan fingerprint density at radius 1 is 1.41 bits per heavy atom. The Bertz CT molecular complexity index is 498. The molecule has 1 aromatic rings. The summed E-state index contributed by atoms with van der Waals surface area (Å²) in [5, 5.41) is 12.4. The minimum Gasteiger partial charge on any atom is -0.313 e. The fraction of sp³-hybridized carbons (Fsp3) is 0.429. The first kappa shape index (κ1) is 10.5. The normalized spacial score (nSPS) is 27.1. The summed E-state index contributed by atoms with van der Waals surface area (Å²) in [7, 11) is 0. The second kappa shape index (κ2) is 4.31. The predicted molar refractivity (Wildman–Crippen MR) is 66.1 cm³/mol. The number of hydrogen-bond donors (Lipinski definition) is 1. The van der Waals surface area contributed by atoms with Crippen molar-refractivity contribution in [2.75, 3.05) is 6.54 Å². The summed E-state index contributed by atoms with van der Waals surface area (Å²) in [6, 6.07) is 4.71. The Kier molecular flexibility index (Phi) is 2.66. The summed E-state index contributed by atoms with van der Waals surface area (Å²) < 4.78 is 0. The molecule has 0 spiro atoms. The van der Waals surface area contributed by atoms with Gasteiger partial charge in [-0.05, 0) is 48.9 Å². The second-order valence-electron chi connectivity index (χ2n) is 4.85. The van der Waals surface area contributed by atoms with E-state index in [1.807, 2.05) is 12.3 Å². The van der Waals surface area contributed by atoms with Crippen molar-refractivity contribution < 1.29 is 0 Å². The third-order valence-corrected chi connectivity index (χ3v) is 3.84. The summed E-state index contributed by atoms with van der Waals surface area (Å²) in [5.74, 6) is 0.811. The van der Waals surface area contributed by atoms with Crippen LogP contribution in [0.15, 0.2) is 24.5 Å². The van der Waals surface area contributed by atoms with Crippen LogP contribution in [0.1, 0.15) is 30.4 Å². The van der Waals surface area contributed by atoms with Crippen LogP contribution in [0, 0.1) is 17.2 Å². The number of aromatic nitrogens is 1.